The van der Waals surface area contributed by atoms with Crippen LogP contribution in [0, 0.1) is 6.92 Å². The van der Waals surface area contributed by atoms with E-state index in [1.165, 1.54) is 47.6 Å². The fourth-order valence-corrected chi connectivity index (χ4v) is 2.94. The number of nitrogens with one attached hydrogen (secondary N) is 1. The molecule has 0 amide bonds. The SMILES string of the molecule is CCCCC(NCCC)c1c(C)ccc2ccccc12. The van der Waals surface area contributed by atoms with Gasteiger partial charge in [0, 0.05) is 6.04 Å². The fourth-order valence-electron chi connectivity index (χ4n) is 2.94. The van der Waals surface area contributed by atoms with E-state index < -0.39 is 0 Å². The van der Waals surface area contributed by atoms with Gasteiger partial charge in [0.05, 0.1) is 0 Å². The van der Waals surface area contributed by atoms with Crippen LogP contribution >= 0.6 is 0 Å². The summed E-state index contributed by atoms with van der Waals surface area (Å²) >= 11 is 0. The maximum atomic E-state index is 3.75. The summed E-state index contributed by atoms with van der Waals surface area (Å²) < 4.78 is 0. The summed E-state index contributed by atoms with van der Waals surface area (Å²) in [4.78, 5) is 0. The third-order valence-corrected chi connectivity index (χ3v) is 4.02. The van der Waals surface area contributed by atoms with Crippen molar-refractivity contribution in [1.82, 2.24) is 5.32 Å². The molecule has 0 heterocycles. The lowest BCUT2D eigenvalue weighted by Crippen LogP contribution is -2.23. The summed E-state index contributed by atoms with van der Waals surface area (Å²) in [6, 6.07) is 13.8. The van der Waals surface area contributed by atoms with E-state index in [2.05, 4.69) is 62.5 Å². The predicted molar refractivity (Wildman–Crippen MR) is 89.2 cm³/mol. The van der Waals surface area contributed by atoms with Gasteiger partial charge in [0.1, 0.15) is 0 Å². The highest BCUT2D eigenvalue weighted by Gasteiger charge is 2.15. The van der Waals surface area contributed by atoms with E-state index in [4.69, 9.17) is 0 Å². The van der Waals surface area contributed by atoms with Gasteiger partial charge in [-0.1, -0.05) is 63.1 Å². The minimum absolute atomic E-state index is 0.487. The second-order valence-electron chi connectivity index (χ2n) is 5.67. The maximum absolute atomic E-state index is 3.75. The molecule has 2 rings (SSSR count). The highest BCUT2D eigenvalue weighted by atomic mass is 14.9. The second kappa shape index (κ2) is 7.44. The molecule has 1 atom stereocenters. The van der Waals surface area contributed by atoms with Gasteiger partial charge in [-0.3, -0.25) is 0 Å². The molecule has 108 valence electrons. The lowest BCUT2D eigenvalue weighted by atomic mass is 9.91. The van der Waals surface area contributed by atoms with E-state index in [9.17, 15) is 0 Å². The maximum Gasteiger partial charge on any atom is 0.0329 e. The number of fused-ring (bicyclic) bond motifs is 1. The smallest absolute Gasteiger partial charge is 0.0329 e. The van der Waals surface area contributed by atoms with Gasteiger partial charge in [-0.15, -0.1) is 0 Å². The molecule has 2 aromatic carbocycles. The molecular formula is C19H27N. The van der Waals surface area contributed by atoms with Crippen LogP contribution in [-0.4, -0.2) is 6.54 Å². The number of unbranched alkanes of at least 4 members (excludes halogenated alkanes) is 1. The first-order valence-electron chi connectivity index (χ1n) is 7.99. The van der Waals surface area contributed by atoms with Crippen molar-refractivity contribution < 1.29 is 0 Å². The minimum Gasteiger partial charge on any atom is -0.310 e. The number of hydrogen-bond acceptors (Lipinski definition) is 1. The standard InChI is InChI=1S/C19H27N/c1-4-6-11-18(20-14-5-2)19-15(3)12-13-16-9-7-8-10-17(16)19/h7-10,12-13,18,20H,4-6,11,14H2,1-3H3. The predicted octanol–water partition coefficient (Wildman–Crippen LogP) is 5.38. The lowest BCUT2D eigenvalue weighted by Gasteiger charge is -2.23. The molecule has 0 spiro atoms. The monoisotopic (exact) mass is 269 g/mol. The Bertz CT molecular complexity index is 536. The van der Waals surface area contributed by atoms with Gasteiger partial charge in [0.25, 0.3) is 0 Å². The molecular weight excluding hydrogens is 242 g/mol. The van der Waals surface area contributed by atoms with Gasteiger partial charge in [-0.25, -0.2) is 0 Å². The second-order valence-corrected chi connectivity index (χ2v) is 5.67. The number of rotatable bonds is 7. The summed E-state index contributed by atoms with van der Waals surface area (Å²) in [7, 11) is 0. The molecule has 0 radical (unpaired) electrons. The third-order valence-electron chi connectivity index (χ3n) is 4.02. The van der Waals surface area contributed by atoms with Crippen LogP contribution in [0.5, 0.6) is 0 Å². The van der Waals surface area contributed by atoms with Crippen molar-refractivity contribution in [2.45, 2.75) is 52.5 Å². The molecule has 0 bridgehead atoms. The summed E-state index contributed by atoms with van der Waals surface area (Å²) in [5, 5.41) is 6.52. The van der Waals surface area contributed by atoms with E-state index in [1.54, 1.807) is 0 Å². The molecule has 1 nitrogen and oxygen atoms in total. The van der Waals surface area contributed by atoms with Crippen LogP contribution in [0.4, 0.5) is 0 Å². The van der Waals surface area contributed by atoms with E-state index in [1.807, 2.05) is 0 Å². The van der Waals surface area contributed by atoms with Crippen molar-refractivity contribution in [1.29, 1.82) is 0 Å². The Balaban J connectivity index is 2.42. The molecule has 1 heteroatoms. The number of aryl methyl sites for hydroxylation is 1. The molecule has 1 unspecified atom stereocenters. The van der Waals surface area contributed by atoms with Crippen LogP contribution in [0.3, 0.4) is 0 Å². The molecule has 0 saturated carbocycles. The Labute approximate surface area is 123 Å². The third kappa shape index (κ3) is 3.40. The first-order chi connectivity index (χ1) is 9.77. The minimum atomic E-state index is 0.487. The zero-order valence-electron chi connectivity index (χ0n) is 13.1. The molecule has 0 aromatic heterocycles. The summed E-state index contributed by atoms with van der Waals surface area (Å²) in [6.45, 7) is 7.85. The van der Waals surface area contributed by atoms with Gasteiger partial charge in [0.2, 0.25) is 0 Å². The van der Waals surface area contributed by atoms with Gasteiger partial charge in [-0.05, 0) is 48.2 Å². The zero-order chi connectivity index (χ0) is 14.4. The van der Waals surface area contributed by atoms with Crippen LogP contribution in [0.25, 0.3) is 10.8 Å². The van der Waals surface area contributed by atoms with Crippen molar-refractivity contribution in [3.05, 3.63) is 47.5 Å². The van der Waals surface area contributed by atoms with Gasteiger partial charge >= 0.3 is 0 Å². The average Bonchev–Trinajstić information content (AvgIpc) is 2.48. The van der Waals surface area contributed by atoms with E-state index in [-0.39, 0.29) is 0 Å². The van der Waals surface area contributed by atoms with Crippen LogP contribution in [0.2, 0.25) is 0 Å². The number of hydrogen-bond donors (Lipinski definition) is 1. The number of benzene rings is 2. The topological polar surface area (TPSA) is 12.0 Å². The normalized spacial score (nSPS) is 12.8. The summed E-state index contributed by atoms with van der Waals surface area (Å²) in [5.74, 6) is 0. The van der Waals surface area contributed by atoms with Crippen LogP contribution in [0.1, 0.15) is 56.7 Å². The van der Waals surface area contributed by atoms with Crippen molar-refractivity contribution in [2.75, 3.05) is 6.54 Å². The Morgan fingerprint density at radius 1 is 1.00 bits per heavy atom. The van der Waals surface area contributed by atoms with E-state index in [0.29, 0.717) is 6.04 Å². The van der Waals surface area contributed by atoms with Crippen molar-refractivity contribution >= 4 is 10.8 Å². The Hall–Kier alpha value is -1.34. The van der Waals surface area contributed by atoms with Gasteiger partial charge in [0.15, 0.2) is 0 Å². The van der Waals surface area contributed by atoms with E-state index in [0.717, 1.165) is 6.54 Å². The molecule has 2 aromatic rings. The first kappa shape index (κ1) is 15.1. The fraction of sp³-hybridized carbons (Fsp3) is 0.474. The van der Waals surface area contributed by atoms with Gasteiger partial charge < -0.3 is 5.32 Å². The highest BCUT2D eigenvalue weighted by Crippen LogP contribution is 2.30. The summed E-state index contributed by atoms with van der Waals surface area (Å²) in [5.41, 5.74) is 2.92. The van der Waals surface area contributed by atoms with Crippen LogP contribution in [-0.2, 0) is 0 Å². The summed E-state index contributed by atoms with van der Waals surface area (Å²) in [6.07, 6.45) is 4.95. The Morgan fingerprint density at radius 2 is 1.80 bits per heavy atom. The molecule has 0 fully saturated rings. The van der Waals surface area contributed by atoms with Crippen molar-refractivity contribution in [2.24, 2.45) is 0 Å². The molecule has 0 aliphatic carbocycles. The largest absolute Gasteiger partial charge is 0.310 e. The molecule has 1 N–H and O–H groups in total. The Kier molecular flexibility index (Phi) is 5.60. The molecule has 20 heavy (non-hydrogen) atoms. The van der Waals surface area contributed by atoms with Crippen molar-refractivity contribution in [3.63, 3.8) is 0 Å². The molecule has 0 aliphatic heterocycles. The average molecular weight is 269 g/mol. The molecule has 0 saturated heterocycles. The quantitative estimate of drug-likeness (QED) is 0.711. The van der Waals surface area contributed by atoms with Gasteiger partial charge in [-0.2, -0.15) is 0 Å². The Morgan fingerprint density at radius 3 is 2.55 bits per heavy atom. The van der Waals surface area contributed by atoms with E-state index >= 15 is 0 Å². The molecule has 0 aliphatic rings. The van der Waals surface area contributed by atoms with Crippen LogP contribution < -0.4 is 5.32 Å². The van der Waals surface area contributed by atoms with Crippen LogP contribution in [0.15, 0.2) is 36.4 Å². The first-order valence-corrected chi connectivity index (χ1v) is 7.99. The van der Waals surface area contributed by atoms with Crippen molar-refractivity contribution in [3.8, 4) is 0 Å². The lowest BCUT2D eigenvalue weighted by molar-refractivity contribution is 0.482. The zero-order valence-corrected chi connectivity index (χ0v) is 13.1. The highest BCUT2D eigenvalue weighted by molar-refractivity contribution is 5.87.